The van der Waals surface area contributed by atoms with Gasteiger partial charge in [0.05, 0.1) is 7.11 Å². The molecule has 4 heteroatoms. The maximum Gasteiger partial charge on any atom is 0.136 e. The molecule has 0 aliphatic rings. The van der Waals surface area contributed by atoms with Gasteiger partial charge < -0.3 is 9.72 Å². The van der Waals surface area contributed by atoms with Crippen LogP contribution < -0.4 is 4.74 Å². The monoisotopic (exact) mass is 235 g/mol. The van der Waals surface area contributed by atoms with Crippen molar-refractivity contribution in [3.8, 4) is 17.0 Å². The molecular weight excluding hydrogens is 225 g/mol. The largest absolute Gasteiger partial charge is 0.497 e. The number of benzene rings is 1. The van der Waals surface area contributed by atoms with E-state index in [1.54, 1.807) is 30.5 Å². The van der Waals surface area contributed by atoms with E-state index in [1.807, 2.05) is 0 Å². The van der Waals surface area contributed by atoms with E-state index in [0.29, 0.717) is 21.5 Å². The summed E-state index contributed by atoms with van der Waals surface area (Å²) in [6.07, 6.45) is 1.70. The molecule has 1 N–H and O–H groups in total. The van der Waals surface area contributed by atoms with Gasteiger partial charge in [-0.3, -0.25) is 0 Å². The van der Waals surface area contributed by atoms with Gasteiger partial charge in [-0.2, -0.15) is 0 Å². The predicted molar refractivity (Wildman–Crippen MR) is 63.6 cm³/mol. The lowest BCUT2D eigenvalue weighted by Crippen LogP contribution is -1.89. The maximum absolute atomic E-state index is 13.7. The van der Waals surface area contributed by atoms with E-state index in [9.17, 15) is 4.39 Å². The number of pyridine rings is 1. The van der Waals surface area contributed by atoms with Crippen molar-refractivity contribution < 1.29 is 9.13 Å². The summed E-state index contributed by atoms with van der Waals surface area (Å²) >= 11 is 5.02. The Bertz CT molecular complexity index is 565. The van der Waals surface area contributed by atoms with Crippen LogP contribution in [0.2, 0.25) is 0 Å². The molecule has 0 spiro atoms. The Kier molecular flexibility index (Phi) is 3.01. The Morgan fingerprint density at radius 1 is 1.25 bits per heavy atom. The third kappa shape index (κ3) is 2.12. The average molecular weight is 235 g/mol. The van der Waals surface area contributed by atoms with Crippen LogP contribution in [0.3, 0.4) is 0 Å². The fourth-order valence-corrected chi connectivity index (χ4v) is 1.63. The van der Waals surface area contributed by atoms with E-state index in [4.69, 9.17) is 17.0 Å². The van der Waals surface area contributed by atoms with Gasteiger partial charge in [0.25, 0.3) is 0 Å². The number of aromatic nitrogens is 1. The highest BCUT2D eigenvalue weighted by Gasteiger charge is 2.06. The average Bonchev–Trinajstić information content (AvgIpc) is 2.28. The van der Waals surface area contributed by atoms with Gasteiger partial charge in [-0.05, 0) is 24.3 Å². The molecule has 0 radical (unpaired) electrons. The number of aromatic amines is 1. The van der Waals surface area contributed by atoms with E-state index in [-0.39, 0.29) is 5.82 Å². The number of H-pyrrole nitrogens is 1. The van der Waals surface area contributed by atoms with Crippen molar-refractivity contribution in [1.82, 2.24) is 4.98 Å². The third-order valence-electron chi connectivity index (χ3n) is 2.24. The van der Waals surface area contributed by atoms with E-state index in [2.05, 4.69) is 4.98 Å². The minimum absolute atomic E-state index is 0.337. The quantitative estimate of drug-likeness (QED) is 0.805. The summed E-state index contributed by atoms with van der Waals surface area (Å²) in [5.41, 5.74) is 1.14. The van der Waals surface area contributed by atoms with Crippen molar-refractivity contribution in [3.63, 3.8) is 0 Å². The second-order valence-electron chi connectivity index (χ2n) is 3.28. The number of hydrogen-bond donors (Lipinski definition) is 1. The molecule has 2 nitrogen and oxygen atoms in total. The Morgan fingerprint density at radius 2 is 2.06 bits per heavy atom. The van der Waals surface area contributed by atoms with Crippen molar-refractivity contribution in [2.24, 2.45) is 0 Å². The summed E-state index contributed by atoms with van der Waals surface area (Å²) in [6, 6.07) is 8.19. The minimum atomic E-state index is -0.337. The molecule has 0 amide bonds. The lowest BCUT2D eigenvalue weighted by molar-refractivity contribution is 0.411. The van der Waals surface area contributed by atoms with Crippen LogP contribution >= 0.6 is 12.2 Å². The van der Waals surface area contributed by atoms with Gasteiger partial charge in [-0.1, -0.05) is 12.2 Å². The second-order valence-corrected chi connectivity index (χ2v) is 3.76. The van der Waals surface area contributed by atoms with Crippen LogP contribution in [0.1, 0.15) is 0 Å². The highest BCUT2D eigenvalue weighted by Crippen LogP contribution is 2.24. The van der Waals surface area contributed by atoms with Crippen LogP contribution in [0.25, 0.3) is 11.3 Å². The van der Waals surface area contributed by atoms with Gasteiger partial charge in [0, 0.05) is 28.0 Å². The fraction of sp³-hybridized carbons (Fsp3) is 0.0833. The Labute approximate surface area is 97.7 Å². The summed E-state index contributed by atoms with van der Waals surface area (Å²) in [7, 11) is 1.50. The predicted octanol–water partition coefficient (Wildman–Crippen LogP) is 3.56. The van der Waals surface area contributed by atoms with E-state index >= 15 is 0 Å². The first-order chi connectivity index (χ1) is 7.70. The van der Waals surface area contributed by atoms with E-state index in [1.165, 1.54) is 13.2 Å². The highest BCUT2D eigenvalue weighted by molar-refractivity contribution is 7.71. The number of ether oxygens (including phenoxy) is 1. The van der Waals surface area contributed by atoms with Gasteiger partial charge >= 0.3 is 0 Å². The molecule has 0 saturated carbocycles. The smallest absolute Gasteiger partial charge is 0.136 e. The summed E-state index contributed by atoms with van der Waals surface area (Å²) in [6.45, 7) is 0. The number of halogens is 1. The summed E-state index contributed by atoms with van der Waals surface area (Å²) in [4.78, 5) is 2.96. The SMILES string of the molecule is COc1ccc(-c2cc(=S)cc[nH]2)c(F)c1. The zero-order valence-electron chi connectivity index (χ0n) is 8.66. The van der Waals surface area contributed by atoms with Crippen molar-refractivity contribution in [1.29, 1.82) is 0 Å². The summed E-state index contributed by atoms with van der Waals surface area (Å²) < 4.78 is 19.3. The third-order valence-corrected chi connectivity index (χ3v) is 2.49. The molecule has 0 saturated heterocycles. The number of rotatable bonds is 2. The van der Waals surface area contributed by atoms with Gasteiger partial charge in [0.15, 0.2) is 0 Å². The minimum Gasteiger partial charge on any atom is -0.497 e. The van der Waals surface area contributed by atoms with Gasteiger partial charge in [0.2, 0.25) is 0 Å². The molecule has 0 unspecified atom stereocenters. The summed E-state index contributed by atoms with van der Waals surface area (Å²) in [5.74, 6) is 0.159. The molecule has 0 aliphatic heterocycles. The lowest BCUT2D eigenvalue weighted by Gasteiger charge is -2.05. The van der Waals surface area contributed by atoms with Crippen LogP contribution in [0.15, 0.2) is 36.5 Å². The molecule has 16 heavy (non-hydrogen) atoms. The zero-order chi connectivity index (χ0) is 11.5. The molecule has 0 aliphatic carbocycles. The van der Waals surface area contributed by atoms with Crippen LogP contribution in [-0.2, 0) is 0 Å². The fourth-order valence-electron chi connectivity index (χ4n) is 1.44. The second kappa shape index (κ2) is 4.45. The maximum atomic E-state index is 13.7. The van der Waals surface area contributed by atoms with Crippen molar-refractivity contribution in [2.75, 3.05) is 7.11 Å². The number of methoxy groups -OCH3 is 1. The molecule has 0 atom stereocenters. The Morgan fingerprint density at radius 3 is 2.69 bits per heavy atom. The molecule has 2 rings (SSSR count). The molecule has 1 aromatic carbocycles. The standard InChI is InChI=1S/C12H10FNOS/c1-15-8-2-3-10(11(13)6-8)12-7-9(16)4-5-14-12/h2-7H,1H3,(H,14,16). The van der Waals surface area contributed by atoms with Crippen LogP contribution in [0, 0.1) is 10.3 Å². The van der Waals surface area contributed by atoms with Crippen LogP contribution in [0.5, 0.6) is 5.75 Å². The van der Waals surface area contributed by atoms with Crippen molar-refractivity contribution in [2.45, 2.75) is 0 Å². The molecule has 82 valence electrons. The normalized spacial score (nSPS) is 10.1. The first kappa shape index (κ1) is 10.8. The number of hydrogen-bond acceptors (Lipinski definition) is 2. The van der Waals surface area contributed by atoms with Crippen molar-refractivity contribution in [3.05, 3.63) is 46.9 Å². The topological polar surface area (TPSA) is 25.0 Å². The first-order valence-electron chi connectivity index (χ1n) is 4.73. The van der Waals surface area contributed by atoms with Gasteiger partial charge in [-0.15, -0.1) is 0 Å². The molecule has 0 bridgehead atoms. The van der Waals surface area contributed by atoms with Gasteiger partial charge in [0.1, 0.15) is 11.6 Å². The molecule has 1 aromatic heterocycles. The Hall–Kier alpha value is -1.68. The van der Waals surface area contributed by atoms with Crippen molar-refractivity contribution >= 4 is 12.2 Å². The highest BCUT2D eigenvalue weighted by atomic mass is 32.1. The first-order valence-corrected chi connectivity index (χ1v) is 5.14. The Balaban J connectivity index is 2.52. The van der Waals surface area contributed by atoms with E-state index in [0.717, 1.165) is 0 Å². The molecule has 2 aromatic rings. The van der Waals surface area contributed by atoms with Gasteiger partial charge in [-0.25, -0.2) is 4.39 Å². The van der Waals surface area contributed by atoms with Crippen LogP contribution in [0.4, 0.5) is 4.39 Å². The molecule has 0 fully saturated rings. The molecule has 1 heterocycles. The summed E-state index contributed by atoms with van der Waals surface area (Å²) in [5, 5.41) is 0. The lowest BCUT2D eigenvalue weighted by atomic mass is 10.1. The zero-order valence-corrected chi connectivity index (χ0v) is 9.48. The molecular formula is C12H10FNOS. The van der Waals surface area contributed by atoms with E-state index < -0.39 is 0 Å². The van der Waals surface area contributed by atoms with Crippen LogP contribution in [-0.4, -0.2) is 12.1 Å². The number of nitrogens with one attached hydrogen (secondary N) is 1.